The molecule has 4 nitrogen and oxygen atoms in total. The maximum absolute atomic E-state index is 12.7. The van der Waals surface area contributed by atoms with Crippen molar-refractivity contribution < 1.29 is 4.79 Å². The maximum atomic E-state index is 12.7. The van der Waals surface area contributed by atoms with Crippen molar-refractivity contribution in [3.05, 3.63) is 0 Å². The van der Waals surface area contributed by atoms with E-state index in [9.17, 15) is 4.79 Å². The largest absolute Gasteiger partial charge is 0.342 e. The third kappa shape index (κ3) is 3.78. The number of carbonyl (C=O) groups is 1. The smallest absolute Gasteiger partial charge is 0.239 e. The molecule has 4 heteroatoms. The molecule has 1 amide bonds. The monoisotopic (exact) mass is 295 g/mol. The first-order valence-corrected chi connectivity index (χ1v) is 8.91. The summed E-state index contributed by atoms with van der Waals surface area (Å²) in [6.07, 6.45) is 6.19. The Kier molecular flexibility index (Phi) is 6.06. The summed E-state index contributed by atoms with van der Waals surface area (Å²) in [4.78, 5) is 17.2. The zero-order valence-corrected chi connectivity index (χ0v) is 14.3. The average Bonchev–Trinajstić information content (AvgIpc) is 2.83. The molecule has 2 aliphatic heterocycles. The van der Waals surface area contributed by atoms with Crippen molar-refractivity contribution in [2.24, 2.45) is 0 Å². The Morgan fingerprint density at radius 1 is 1.14 bits per heavy atom. The van der Waals surface area contributed by atoms with E-state index in [1.807, 2.05) is 4.90 Å². The van der Waals surface area contributed by atoms with Gasteiger partial charge >= 0.3 is 0 Å². The minimum atomic E-state index is 0.0207. The lowest BCUT2D eigenvalue weighted by molar-refractivity contribution is -0.137. The summed E-state index contributed by atoms with van der Waals surface area (Å²) >= 11 is 0. The Balaban J connectivity index is 2.05. The van der Waals surface area contributed by atoms with E-state index < -0.39 is 0 Å². The van der Waals surface area contributed by atoms with Crippen LogP contribution in [0.15, 0.2) is 0 Å². The van der Waals surface area contributed by atoms with E-state index >= 15 is 0 Å². The molecule has 1 N–H and O–H groups in total. The highest BCUT2D eigenvalue weighted by Gasteiger charge is 2.38. The average molecular weight is 295 g/mol. The van der Waals surface area contributed by atoms with Crippen molar-refractivity contribution in [1.82, 2.24) is 15.1 Å². The van der Waals surface area contributed by atoms with Crippen LogP contribution in [0.2, 0.25) is 0 Å². The lowest BCUT2D eigenvalue weighted by atomic mass is 9.96. The highest BCUT2D eigenvalue weighted by Crippen LogP contribution is 2.31. The molecule has 0 aromatic heterocycles. The molecule has 3 atom stereocenters. The SMILES string of the molecule is CCCN(C1CC2CCC(C1)N2)C(C)C(=O)N(CC)CC. The van der Waals surface area contributed by atoms with Gasteiger partial charge in [-0.2, -0.15) is 0 Å². The van der Waals surface area contributed by atoms with Crippen LogP contribution in [-0.4, -0.2) is 59.5 Å². The minimum absolute atomic E-state index is 0.0207. The van der Waals surface area contributed by atoms with E-state index in [-0.39, 0.29) is 6.04 Å². The number of rotatable bonds is 7. The molecule has 0 aliphatic carbocycles. The number of likely N-dealkylation sites (N-methyl/N-ethyl adjacent to an activating group) is 1. The van der Waals surface area contributed by atoms with Gasteiger partial charge in [-0.25, -0.2) is 0 Å². The van der Waals surface area contributed by atoms with Gasteiger partial charge < -0.3 is 10.2 Å². The van der Waals surface area contributed by atoms with Gasteiger partial charge in [0.1, 0.15) is 0 Å². The third-order valence-corrected chi connectivity index (χ3v) is 5.33. The Hall–Kier alpha value is -0.610. The quantitative estimate of drug-likeness (QED) is 0.782. The molecular weight excluding hydrogens is 262 g/mol. The molecule has 21 heavy (non-hydrogen) atoms. The molecule has 2 rings (SSSR count). The second kappa shape index (κ2) is 7.59. The van der Waals surface area contributed by atoms with E-state index in [0.717, 1.165) is 26.1 Å². The summed E-state index contributed by atoms with van der Waals surface area (Å²) in [5.41, 5.74) is 0. The lowest BCUT2D eigenvalue weighted by Gasteiger charge is -2.41. The molecule has 2 aliphatic rings. The van der Waals surface area contributed by atoms with Crippen molar-refractivity contribution >= 4 is 5.91 Å². The van der Waals surface area contributed by atoms with Gasteiger partial charge in [0.25, 0.3) is 0 Å². The molecule has 2 fully saturated rings. The summed E-state index contributed by atoms with van der Waals surface area (Å²) in [5, 5.41) is 3.71. The Morgan fingerprint density at radius 2 is 1.71 bits per heavy atom. The van der Waals surface area contributed by atoms with Gasteiger partial charge in [-0.3, -0.25) is 9.69 Å². The number of piperidine rings is 1. The fourth-order valence-electron chi connectivity index (χ4n) is 4.19. The van der Waals surface area contributed by atoms with E-state index in [1.54, 1.807) is 0 Å². The number of nitrogens with one attached hydrogen (secondary N) is 1. The predicted molar refractivity (Wildman–Crippen MR) is 87.4 cm³/mol. The third-order valence-electron chi connectivity index (χ3n) is 5.33. The molecule has 2 heterocycles. The molecule has 122 valence electrons. The first kappa shape index (κ1) is 16.8. The fraction of sp³-hybridized carbons (Fsp3) is 0.941. The Morgan fingerprint density at radius 3 is 2.19 bits per heavy atom. The second-order valence-electron chi connectivity index (χ2n) is 6.69. The van der Waals surface area contributed by atoms with Gasteiger partial charge in [-0.05, 0) is 59.4 Å². The summed E-state index contributed by atoms with van der Waals surface area (Å²) < 4.78 is 0. The number of fused-ring (bicyclic) bond motifs is 2. The van der Waals surface area contributed by atoms with Crippen LogP contribution >= 0.6 is 0 Å². The highest BCUT2D eigenvalue weighted by molar-refractivity contribution is 5.81. The molecular formula is C17H33N3O. The van der Waals surface area contributed by atoms with Crippen LogP contribution in [0.1, 0.15) is 59.8 Å². The van der Waals surface area contributed by atoms with Gasteiger partial charge in [0.2, 0.25) is 5.91 Å². The molecule has 3 unspecified atom stereocenters. The minimum Gasteiger partial charge on any atom is -0.342 e. The van der Waals surface area contributed by atoms with Crippen LogP contribution < -0.4 is 5.32 Å². The van der Waals surface area contributed by atoms with E-state index in [0.29, 0.717) is 24.0 Å². The Labute approximate surface area is 130 Å². The molecule has 0 spiro atoms. The van der Waals surface area contributed by atoms with Crippen LogP contribution in [0.25, 0.3) is 0 Å². The zero-order chi connectivity index (χ0) is 15.4. The lowest BCUT2D eigenvalue weighted by Crippen LogP contribution is -2.55. The van der Waals surface area contributed by atoms with Gasteiger partial charge in [0, 0.05) is 31.2 Å². The summed E-state index contributed by atoms with van der Waals surface area (Å²) in [6.45, 7) is 11.1. The van der Waals surface area contributed by atoms with E-state index in [2.05, 4.69) is 37.9 Å². The van der Waals surface area contributed by atoms with Crippen LogP contribution in [0.3, 0.4) is 0 Å². The molecule has 0 aromatic rings. The van der Waals surface area contributed by atoms with E-state index in [4.69, 9.17) is 0 Å². The summed E-state index contributed by atoms with van der Waals surface area (Å²) in [7, 11) is 0. The van der Waals surface area contributed by atoms with E-state index in [1.165, 1.54) is 25.7 Å². The topological polar surface area (TPSA) is 35.6 Å². The van der Waals surface area contributed by atoms with Crippen molar-refractivity contribution in [3.63, 3.8) is 0 Å². The van der Waals surface area contributed by atoms with Gasteiger partial charge in [0.15, 0.2) is 0 Å². The van der Waals surface area contributed by atoms with Crippen LogP contribution in [-0.2, 0) is 4.79 Å². The molecule has 2 saturated heterocycles. The van der Waals surface area contributed by atoms with Crippen LogP contribution in [0, 0.1) is 0 Å². The number of amides is 1. The summed E-state index contributed by atoms with van der Waals surface area (Å²) in [5.74, 6) is 0.305. The van der Waals surface area contributed by atoms with Crippen molar-refractivity contribution in [2.75, 3.05) is 19.6 Å². The number of nitrogens with zero attached hydrogens (tertiary/aromatic N) is 2. The molecule has 0 aromatic carbocycles. The second-order valence-corrected chi connectivity index (χ2v) is 6.69. The molecule has 2 bridgehead atoms. The van der Waals surface area contributed by atoms with Crippen molar-refractivity contribution in [3.8, 4) is 0 Å². The summed E-state index contributed by atoms with van der Waals surface area (Å²) in [6, 6.07) is 1.97. The zero-order valence-electron chi connectivity index (χ0n) is 14.3. The molecule has 0 radical (unpaired) electrons. The Bertz CT molecular complexity index is 331. The first-order valence-electron chi connectivity index (χ1n) is 8.91. The highest BCUT2D eigenvalue weighted by atomic mass is 16.2. The van der Waals surface area contributed by atoms with Crippen LogP contribution in [0.4, 0.5) is 0 Å². The number of hydrogen-bond acceptors (Lipinski definition) is 3. The van der Waals surface area contributed by atoms with Gasteiger partial charge in [-0.15, -0.1) is 0 Å². The van der Waals surface area contributed by atoms with Gasteiger partial charge in [0.05, 0.1) is 6.04 Å². The maximum Gasteiger partial charge on any atom is 0.239 e. The molecule has 0 saturated carbocycles. The fourth-order valence-corrected chi connectivity index (χ4v) is 4.19. The van der Waals surface area contributed by atoms with Crippen molar-refractivity contribution in [1.29, 1.82) is 0 Å². The van der Waals surface area contributed by atoms with Crippen molar-refractivity contribution in [2.45, 2.75) is 84.0 Å². The predicted octanol–water partition coefficient (Wildman–Crippen LogP) is 2.24. The normalized spacial score (nSPS) is 29.7. The van der Waals surface area contributed by atoms with Crippen LogP contribution in [0.5, 0.6) is 0 Å². The van der Waals surface area contributed by atoms with Gasteiger partial charge in [-0.1, -0.05) is 6.92 Å². The standard InChI is InChI=1S/C17H33N3O/c1-5-10-20(13(4)17(21)19(6-2)7-3)16-11-14-8-9-15(12-16)18-14/h13-16,18H,5-12H2,1-4H3. The first-order chi connectivity index (χ1) is 10.1. The number of carbonyl (C=O) groups excluding carboxylic acids is 1. The number of hydrogen-bond donors (Lipinski definition) is 1.